The number of hydrogen-bond acceptors (Lipinski definition) is 3. The number of benzene rings is 1. The van der Waals surface area contributed by atoms with Crippen LogP contribution < -0.4 is 10.2 Å². The highest BCUT2D eigenvalue weighted by atomic mass is 16.4. The SMILES string of the molecule is Cc1cc(C)cc(N2CCC(C(=O)N[C@H](CC(C)C)C(=O)O)C2=O)c1. The molecule has 6 heteroatoms. The normalized spacial score (nSPS) is 18.5. The standard InChI is InChI=1S/C19H26N2O4/c1-11(2)7-16(19(24)25)20-17(22)15-5-6-21(18(15)23)14-9-12(3)8-13(4)10-14/h8-11,15-16H,5-7H2,1-4H3,(H,20,22)(H,24,25)/t15?,16-/m1/s1. The molecule has 1 heterocycles. The lowest BCUT2D eigenvalue weighted by atomic mass is 10.0. The fourth-order valence-corrected chi connectivity index (χ4v) is 3.25. The number of nitrogens with zero attached hydrogens (tertiary/aromatic N) is 1. The Bertz CT molecular complexity index is 664. The zero-order chi connectivity index (χ0) is 18.7. The van der Waals surface area contributed by atoms with Crippen molar-refractivity contribution in [3.63, 3.8) is 0 Å². The van der Waals surface area contributed by atoms with Crippen LogP contribution in [0.1, 0.15) is 37.8 Å². The monoisotopic (exact) mass is 346 g/mol. The molecule has 0 spiro atoms. The minimum Gasteiger partial charge on any atom is -0.480 e. The van der Waals surface area contributed by atoms with E-state index in [1.165, 1.54) is 0 Å². The molecule has 0 saturated carbocycles. The molecule has 0 aromatic heterocycles. The van der Waals surface area contributed by atoms with Gasteiger partial charge in [0.05, 0.1) is 0 Å². The minimum absolute atomic E-state index is 0.132. The zero-order valence-corrected chi connectivity index (χ0v) is 15.2. The van der Waals surface area contributed by atoms with Gasteiger partial charge in [-0.25, -0.2) is 4.79 Å². The summed E-state index contributed by atoms with van der Waals surface area (Å²) in [7, 11) is 0. The largest absolute Gasteiger partial charge is 0.480 e. The van der Waals surface area contributed by atoms with Gasteiger partial charge in [-0.15, -0.1) is 0 Å². The van der Waals surface area contributed by atoms with E-state index in [1.54, 1.807) is 4.90 Å². The lowest BCUT2D eigenvalue weighted by Crippen LogP contribution is -2.46. The van der Waals surface area contributed by atoms with Crippen molar-refractivity contribution in [1.82, 2.24) is 5.32 Å². The number of carbonyl (C=O) groups is 3. The number of nitrogens with one attached hydrogen (secondary N) is 1. The van der Waals surface area contributed by atoms with Crippen molar-refractivity contribution in [2.45, 2.75) is 46.6 Å². The molecule has 2 atom stereocenters. The van der Waals surface area contributed by atoms with Crippen LogP contribution >= 0.6 is 0 Å². The first-order chi connectivity index (χ1) is 11.7. The van der Waals surface area contributed by atoms with Crippen molar-refractivity contribution in [2.75, 3.05) is 11.4 Å². The van der Waals surface area contributed by atoms with Gasteiger partial charge in [0.25, 0.3) is 0 Å². The second-order valence-corrected chi connectivity index (χ2v) is 7.21. The fraction of sp³-hybridized carbons (Fsp3) is 0.526. The molecule has 2 amide bonds. The van der Waals surface area contributed by atoms with Crippen LogP contribution in [0.15, 0.2) is 18.2 Å². The van der Waals surface area contributed by atoms with Gasteiger partial charge in [-0.05, 0) is 55.9 Å². The van der Waals surface area contributed by atoms with Gasteiger partial charge in [-0.1, -0.05) is 19.9 Å². The molecule has 1 aromatic carbocycles. The van der Waals surface area contributed by atoms with Crippen LogP contribution in [-0.4, -0.2) is 35.5 Å². The van der Waals surface area contributed by atoms with Gasteiger partial charge in [0.2, 0.25) is 11.8 Å². The Hall–Kier alpha value is -2.37. The number of carbonyl (C=O) groups excluding carboxylic acids is 2. The molecule has 136 valence electrons. The van der Waals surface area contributed by atoms with Crippen LogP contribution in [0.2, 0.25) is 0 Å². The molecule has 1 fully saturated rings. The average molecular weight is 346 g/mol. The lowest BCUT2D eigenvalue weighted by Gasteiger charge is -2.20. The highest BCUT2D eigenvalue weighted by Crippen LogP contribution is 2.27. The van der Waals surface area contributed by atoms with Gasteiger partial charge in [0.1, 0.15) is 12.0 Å². The molecule has 1 aromatic rings. The summed E-state index contributed by atoms with van der Waals surface area (Å²) in [6, 6.07) is 4.90. The maximum absolute atomic E-state index is 12.7. The highest BCUT2D eigenvalue weighted by Gasteiger charge is 2.39. The molecule has 2 N–H and O–H groups in total. The molecule has 1 aliphatic rings. The van der Waals surface area contributed by atoms with Crippen molar-refractivity contribution >= 4 is 23.5 Å². The van der Waals surface area contributed by atoms with E-state index in [0.29, 0.717) is 19.4 Å². The van der Waals surface area contributed by atoms with Gasteiger partial charge < -0.3 is 15.3 Å². The number of hydrogen-bond donors (Lipinski definition) is 2. The average Bonchev–Trinajstić information content (AvgIpc) is 2.86. The number of amides is 2. The highest BCUT2D eigenvalue weighted by molar-refractivity contribution is 6.10. The third-order valence-corrected chi connectivity index (χ3v) is 4.36. The van der Waals surface area contributed by atoms with Crippen molar-refractivity contribution in [2.24, 2.45) is 11.8 Å². The molecule has 0 aliphatic carbocycles. The van der Waals surface area contributed by atoms with E-state index in [2.05, 4.69) is 5.32 Å². The summed E-state index contributed by atoms with van der Waals surface area (Å²) in [5.74, 6) is -2.53. The molecule has 1 unspecified atom stereocenters. The second-order valence-electron chi connectivity index (χ2n) is 7.21. The number of aliphatic carboxylic acids is 1. The van der Waals surface area contributed by atoms with Crippen LogP contribution in [0.5, 0.6) is 0 Å². The van der Waals surface area contributed by atoms with Crippen LogP contribution in [0, 0.1) is 25.7 Å². The number of carboxylic acid groups (broad SMARTS) is 1. The summed E-state index contributed by atoms with van der Waals surface area (Å²) in [4.78, 5) is 38.0. The summed E-state index contributed by atoms with van der Waals surface area (Å²) in [6.45, 7) is 8.17. The van der Waals surface area contributed by atoms with Crippen molar-refractivity contribution in [3.8, 4) is 0 Å². The molecule has 1 aliphatic heterocycles. The smallest absolute Gasteiger partial charge is 0.326 e. The summed E-state index contributed by atoms with van der Waals surface area (Å²) in [5, 5.41) is 11.8. The Morgan fingerprint density at radius 1 is 1.24 bits per heavy atom. The molecular formula is C19H26N2O4. The summed E-state index contributed by atoms with van der Waals surface area (Å²) in [5.41, 5.74) is 2.90. The van der Waals surface area contributed by atoms with E-state index in [9.17, 15) is 19.5 Å². The van der Waals surface area contributed by atoms with Gasteiger partial charge in [0.15, 0.2) is 0 Å². The topological polar surface area (TPSA) is 86.7 Å². The summed E-state index contributed by atoms with van der Waals surface area (Å²) in [6.07, 6.45) is 0.731. The first-order valence-corrected chi connectivity index (χ1v) is 8.62. The molecular weight excluding hydrogens is 320 g/mol. The first-order valence-electron chi connectivity index (χ1n) is 8.62. The molecule has 2 rings (SSSR count). The summed E-state index contributed by atoms with van der Waals surface area (Å²) < 4.78 is 0. The second kappa shape index (κ2) is 7.68. The van der Waals surface area contributed by atoms with Crippen LogP contribution in [0.4, 0.5) is 5.69 Å². The Balaban J connectivity index is 2.10. The Labute approximate surface area is 148 Å². The molecule has 1 saturated heterocycles. The van der Waals surface area contributed by atoms with Gasteiger partial charge in [0, 0.05) is 12.2 Å². The van der Waals surface area contributed by atoms with E-state index in [4.69, 9.17) is 0 Å². The predicted octanol–water partition coefficient (Wildman–Crippen LogP) is 2.27. The van der Waals surface area contributed by atoms with E-state index in [-0.39, 0.29) is 11.8 Å². The maximum Gasteiger partial charge on any atom is 0.326 e. The molecule has 0 bridgehead atoms. The quantitative estimate of drug-likeness (QED) is 0.774. The summed E-state index contributed by atoms with van der Waals surface area (Å²) >= 11 is 0. The molecule has 6 nitrogen and oxygen atoms in total. The Morgan fingerprint density at radius 3 is 2.36 bits per heavy atom. The van der Waals surface area contributed by atoms with E-state index < -0.39 is 23.8 Å². The zero-order valence-electron chi connectivity index (χ0n) is 15.2. The molecule has 25 heavy (non-hydrogen) atoms. The third kappa shape index (κ3) is 4.59. The third-order valence-electron chi connectivity index (χ3n) is 4.36. The fourth-order valence-electron chi connectivity index (χ4n) is 3.25. The Kier molecular flexibility index (Phi) is 5.82. The van der Waals surface area contributed by atoms with Crippen LogP contribution in [0.25, 0.3) is 0 Å². The van der Waals surface area contributed by atoms with Crippen LogP contribution in [-0.2, 0) is 14.4 Å². The minimum atomic E-state index is -1.07. The van der Waals surface area contributed by atoms with Crippen molar-refractivity contribution in [1.29, 1.82) is 0 Å². The van der Waals surface area contributed by atoms with Gasteiger partial charge >= 0.3 is 5.97 Å². The predicted molar refractivity (Wildman–Crippen MR) is 95.4 cm³/mol. The van der Waals surface area contributed by atoms with E-state index in [0.717, 1.165) is 16.8 Å². The number of carboxylic acids is 1. The number of aryl methyl sites for hydroxylation is 2. The van der Waals surface area contributed by atoms with Crippen molar-refractivity contribution < 1.29 is 19.5 Å². The number of anilines is 1. The molecule has 0 radical (unpaired) electrons. The van der Waals surface area contributed by atoms with Crippen molar-refractivity contribution in [3.05, 3.63) is 29.3 Å². The van der Waals surface area contributed by atoms with Gasteiger partial charge in [-0.3, -0.25) is 9.59 Å². The van der Waals surface area contributed by atoms with E-state index in [1.807, 2.05) is 45.9 Å². The van der Waals surface area contributed by atoms with Crippen LogP contribution in [0.3, 0.4) is 0 Å². The lowest BCUT2D eigenvalue weighted by molar-refractivity contribution is -0.144. The van der Waals surface area contributed by atoms with E-state index >= 15 is 0 Å². The Morgan fingerprint density at radius 2 is 1.84 bits per heavy atom. The maximum atomic E-state index is 12.7. The van der Waals surface area contributed by atoms with Gasteiger partial charge in [-0.2, -0.15) is 0 Å². The number of rotatable bonds is 6. The first kappa shape index (κ1) is 19.0.